The molecule has 6 rings (SSSR count). The SMILES string of the molecule is C[C@@H]1O[C@@H](Oc2cc(O)c3c(=O)c(O[C@@H]4O[C@@H](C)[C@H](O)[C@@H](O)[C@H]4OC4O[C@H](C)[C@@H](O)C(=O)[C@H]4O)c(-c4ccc(O)cc4)oc3c2)[C@H](O)[C@H](O)[C@H]1O. The number of phenolic OH excluding ortho intramolecular Hbond substituents is 2. The zero-order valence-electron chi connectivity index (χ0n) is 27.2. The lowest BCUT2D eigenvalue weighted by atomic mass is 9.98. The standard InChI is InChI=1S/C33H38O18/c1-10-19(36)23(40)26(43)31(45-10)48-15-8-16(35)18-17(9-15)49-28(13-4-6-14(34)7-5-13)29(22(18)39)50-33-30(25(42)21(38)12(3)47-33)51-32-27(44)24(41)20(37)11(2)46-32/h4-12,19-21,23,25-27,30-38,40,42-44H,1-3H3/t10-,11+,12-,19-,20+,21-,23+,25+,26+,27+,30+,31-,32?,33-/m0/s1. The first kappa shape index (κ1) is 36.9. The summed E-state index contributed by atoms with van der Waals surface area (Å²) in [4.78, 5) is 26.6. The molecule has 3 aliphatic rings. The van der Waals surface area contributed by atoms with Gasteiger partial charge in [0.25, 0.3) is 0 Å². The Morgan fingerprint density at radius 2 is 1.25 bits per heavy atom. The zero-order valence-corrected chi connectivity index (χ0v) is 27.2. The van der Waals surface area contributed by atoms with Gasteiger partial charge >= 0.3 is 0 Å². The lowest BCUT2D eigenvalue weighted by Gasteiger charge is -2.44. The van der Waals surface area contributed by atoms with Crippen molar-refractivity contribution in [3.63, 3.8) is 0 Å². The minimum atomic E-state index is -2.01. The van der Waals surface area contributed by atoms with Crippen molar-refractivity contribution in [3.05, 3.63) is 46.6 Å². The molecule has 278 valence electrons. The Morgan fingerprint density at radius 3 is 1.92 bits per heavy atom. The molecule has 9 N–H and O–H groups in total. The van der Waals surface area contributed by atoms with Gasteiger partial charge in [0.05, 0.1) is 18.3 Å². The summed E-state index contributed by atoms with van der Waals surface area (Å²) in [5, 5.41) is 93.3. The molecule has 2 aromatic carbocycles. The molecule has 0 radical (unpaired) electrons. The summed E-state index contributed by atoms with van der Waals surface area (Å²) in [5.74, 6) is -2.92. The van der Waals surface area contributed by atoms with Gasteiger partial charge < -0.3 is 78.8 Å². The number of aliphatic hydroxyl groups excluding tert-OH is 7. The maximum Gasteiger partial charge on any atom is 0.239 e. The van der Waals surface area contributed by atoms with E-state index in [0.29, 0.717) is 0 Å². The van der Waals surface area contributed by atoms with Crippen molar-refractivity contribution in [2.45, 2.75) is 107 Å². The fraction of sp³-hybridized carbons (Fsp3) is 0.515. The lowest BCUT2D eigenvalue weighted by Crippen LogP contribution is -2.63. The molecule has 3 aliphatic heterocycles. The fourth-order valence-corrected chi connectivity index (χ4v) is 6.00. The summed E-state index contributed by atoms with van der Waals surface area (Å²) in [5.41, 5.74) is -1.10. The van der Waals surface area contributed by atoms with Crippen molar-refractivity contribution in [1.29, 1.82) is 0 Å². The van der Waals surface area contributed by atoms with Crippen LogP contribution in [0, 0.1) is 0 Å². The van der Waals surface area contributed by atoms with Crippen molar-refractivity contribution in [3.8, 4) is 34.3 Å². The number of carbonyl (C=O) groups excluding carboxylic acids is 1. The Balaban J connectivity index is 1.40. The number of fused-ring (bicyclic) bond motifs is 1. The van der Waals surface area contributed by atoms with Crippen LogP contribution in [-0.2, 0) is 23.7 Å². The summed E-state index contributed by atoms with van der Waals surface area (Å²) >= 11 is 0. The Kier molecular flexibility index (Phi) is 10.3. The number of phenols is 2. The average Bonchev–Trinajstić information content (AvgIpc) is 3.09. The van der Waals surface area contributed by atoms with Gasteiger partial charge in [-0.3, -0.25) is 9.59 Å². The molecule has 18 heteroatoms. The van der Waals surface area contributed by atoms with Gasteiger partial charge in [0.15, 0.2) is 30.0 Å². The summed E-state index contributed by atoms with van der Waals surface area (Å²) < 4.78 is 40.1. The Hall–Kier alpha value is -3.92. The van der Waals surface area contributed by atoms with Crippen molar-refractivity contribution in [2.24, 2.45) is 0 Å². The second kappa shape index (κ2) is 14.2. The molecule has 0 saturated carbocycles. The highest BCUT2D eigenvalue weighted by atomic mass is 16.8. The average molecular weight is 723 g/mol. The summed E-state index contributed by atoms with van der Waals surface area (Å²) in [7, 11) is 0. The van der Waals surface area contributed by atoms with Crippen molar-refractivity contribution in [1.82, 2.24) is 0 Å². The molecule has 0 bridgehead atoms. The summed E-state index contributed by atoms with van der Waals surface area (Å²) in [6.07, 6.45) is -21.7. The predicted molar refractivity (Wildman–Crippen MR) is 167 cm³/mol. The van der Waals surface area contributed by atoms with Crippen LogP contribution in [-0.4, -0.2) is 138 Å². The van der Waals surface area contributed by atoms with Crippen molar-refractivity contribution in [2.75, 3.05) is 0 Å². The molecule has 0 spiro atoms. The fourth-order valence-electron chi connectivity index (χ4n) is 6.00. The number of aromatic hydroxyl groups is 2. The smallest absolute Gasteiger partial charge is 0.239 e. The van der Waals surface area contributed by atoms with Crippen LogP contribution in [0.3, 0.4) is 0 Å². The van der Waals surface area contributed by atoms with E-state index in [4.69, 9.17) is 32.8 Å². The topological polar surface area (TPSA) is 285 Å². The minimum absolute atomic E-state index is 0.139. The highest BCUT2D eigenvalue weighted by Gasteiger charge is 2.50. The second-order valence-electron chi connectivity index (χ2n) is 12.7. The third-order valence-electron chi connectivity index (χ3n) is 9.04. The van der Waals surface area contributed by atoms with Crippen LogP contribution >= 0.6 is 0 Å². The van der Waals surface area contributed by atoms with E-state index in [2.05, 4.69) is 0 Å². The number of Topliss-reactive ketones (excluding diaryl/α,β-unsaturated/α-hetero) is 1. The van der Waals surface area contributed by atoms with E-state index >= 15 is 0 Å². The van der Waals surface area contributed by atoms with Crippen LogP contribution in [0.2, 0.25) is 0 Å². The monoisotopic (exact) mass is 722 g/mol. The molecule has 3 saturated heterocycles. The van der Waals surface area contributed by atoms with Crippen LogP contribution in [0.25, 0.3) is 22.3 Å². The number of benzene rings is 2. The van der Waals surface area contributed by atoms with Gasteiger partial charge in [0, 0.05) is 17.7 Å². The number of hydrogen-bond donors (Lipinski definition) is 9. The van der Waals surface area contributed by atoms with E-state index in [-0.39, 0.29) is 28.4 Å². The molecule has 4 heterocycles. The first-order valence-corrected chi connectivity index (χ1v) is 16.0. The molecule has 51 heavy (non-hydrogen) atoms. The summed E-state index contributed by atoms with van der Waals surface area (Å²) in [6, 6.07) is 7.48. The van der Waals surface area contributed by atoms with Crippen LogP contribution < -0.4 is 14.9 Å². The Bertz CT molecular complexity index is 1800. The zero-order chi connectivity index (χ0) is 37.0. The molecular weight excluding hydrogens is 684 g/mol. The van der Waals surface area contributed by atoms with Crippen molar-refractivity contribution < 1.29 is 83.6 Å². The van der Waals surface area contributed by atoms with Gasteiger partial charge in [-0.2, -0.15) is 0 Å². The van der Waals surface area contributed by atoms with Crippen LogP contribution in [0.5, 0.6) is 23.0 Å². The van der Waals surface area contributed by atoms with Gasteiger partial charge in [0.1, 0.15) is 64.8 Å². The largest absolute Gasteiger partial charge is 0.508 e. The number of carbonyl (C=O) groups is 1. The molecule has 14 atom stereocenters. The van der Waals surface area contributed by atoms with E-state index in [0.717, 1.165) is 6.07 Å². The van der Waals surface area contributed by atoms with Gasteiger partial charge in [-0.15, -0.1) is 0 Å². The molecule has 0 amide bonds. The van der Waals surface area contributed by atoms with Crippen LogP contribution in [0.4, 0.5) is 0 Å². The quantitative estimate of drug-likeness (QED) is 0.132. The first-order valence-electron chi connectivity index (χ1n) is 16.0. The lowest BCUT2D eigenvalue weighted by molar-refractivity contribution is -0.332. The molecular formula is C33H38O18. The van der Waals surface area contributed by atoms with E-state index in [1.807, 2.05) is 0 Å². The van der Waals surface area contributed by atoms with Gasteiger partial charge in [-0.25, -0.2) is 0 Å². The highest BCUT2D eigenvalue weighted by Crippen LogP contribution is 2.39. The van der Waals surface area contributed by atoms with Crippen LogP contribution in [0.1, 0.15) is 20.8 Å². The molecule has 1 unspecified atom stereocenters. The minimum Gasteiger partial charge on any atom is -0.508 e. The van der Waals surface area contributed by atoms with Gasteiger partial charge in [0.2, 0.25) is 23.8 Å². The number of hydrogen-bond acceptors (Lipinski definition) is 18. The second-order valence-corrected chi connectivity index (χ2v) is 12.7. The maximum absolute atomic E-state index is 14.2. The predicted octanol–water partition coefficient (Wildman–Crippen LogP) is -1.66. The molecule has 3 aromatic rings. The van der Waals surface area contributed by atoms with Gasteiger partial charge in [-0.1, -0.05) is 0 Å². The Labute approximate surface area is 288 Å². The highest BCUT2D eigenvalue weighted by molar-refractivity contribution is 5.89. The third kappa shape index (κ3) is 6.88. The van der Waals surface area contributed by atoms with Gasteiger partial charge in [-0.05, 0) is 45.0 Å². The number of aliphatic hydroxyl groups is 7. The van der Waals surface area contributed by atoms with Crippen molar-refractivity contribution >= 4 is 16.8 Å². The van der Waals surface area contributed by atoms with E-state index < -0.39 is 114 Å². The number of rotatable bonds is 7. The molecule has 1 aromatic heterocycles. The normalized spacial score (nSPS) is 37.3. The van der Waals surface area contributed by atoms with E-state index in [1.165, 1.54) is 51.1 Å². The van der Waals surface area contributed by atoms with E-state index in [9.17, 15) is 55.5 Å². The summed E-state index contributed by atoms with van der Waals surface area (Å²) in [6.45, 7) is 4.17. The third-order valence-corrected chi connectivity index (χ3v) is 9.04. The first-order chi connectivity index (χ1) is 24.1. The molecule has 0 aliphatic carbocycles. The van der Waals surface area contributed by atoms with Crippen LogP contribution in [0.15, 0.2) is 45.6 Å². The maximum atomic E-state index is 14.2. The number of ketones is 1. The van der Waals surface area contributed by atoms with E-state index in [1.54, 1.807) is 0 Å². The molecule has 3 fully saturated rings. The molecule has 18 nitrogen and oxygen atoms in total. The number of ether oxygens (including phenoxy) is 6. The Morgan fingerprint density at radius 1 is 0.647 bits per heavy atom.